The number of ether oxygens (including phenoxy) is 1. The van der Waals surface area contributed by atoms with Gasteiger partial charge in [0, 0.05) is 0 Å². The maximum Gasteiger partial charge on any atom is 0.119 e. The molecule has 94 valence electrons. The minimum atomic E-state index is 0.146. The molecule has 17 heavy (non-hydrogen) atoms. The molecule has 1 aromatic carbocycles. The highest BCUT2D eigenvalue weighted by atomic mass is 16.5. The largest absolute Gasteiger partial charge is 0.494 e. The van der Waals surface area contributed by atoms with Crippen LogP contribution in [0.3, 0.4) is 0 Å². The first-order valence-corrected chi connectivity index (χ1v) is 6.43. The molecule has 3 heteroatoms. The third kappa shape index (κ3) is 2.99. The summed E-state index contributed by atoms with van der Waals surface area (Å²) in [7, 11) is 0. The van der Waals surface area contributed by atoms with Gasteiger partial charge in [0.1, 0.15) is 5.75 Å². The van der Waals surface area contributed by atoms with Crippen molar-refractivity contribution in [3.63, 3.8) is 0 Å². The Morgan fingerprint density at radius 3 is 2.41 bits per heavy atom. The second-order valence-corrected chi connectivity index (χ2v) is 4.44. The van der Waals surface area contributed by atoms with Crippen LogP contribution in [-0.2, 0) is 0 Å². The smallest absolute Gasteiger partial charge is 0.119 e. The van der Waals surface area contributed by atoms with Crippen molar-refractivity contribution in [3.05, 3.63) is 29.8 Å². The van der Waals surface area contributed by atoms with E-state index in [2.05, 4.69) is 17.0 Å². The zero-order valence-electron chi connectivity index (χ0n) is 10.4. The Hall–Kier alpha value is -1.06. The molecule has 0 aromatic heterocycles. The molecule has 3 nitrogen and oxygen atoms in total. The van der Waals surface area contributed by atoms with E-state index in [0.29, 0.717) is 6.61 Å². The SMILES string of the molecule is CCOc1ccc([C@H](CO)N2CCCC2)cc1. The Morgan fingerprint density at radius 1 is 1.24 bits per heavy atom. The number of aliphatic hydroxyl groups excluding tert-OH is 1. The Bertz CT molecular complexity index is 331. The highest BCUT2D eigenvalue weighted by Crippen LogP contribution is 2.26. The van der Waals surface area contributed by atoms with E-state index in [1.807, 2.05) is 19.1 Å². The fourth-order valence-corrected chi connectivity index (χ4v) is 2.44. The van der Waals surface area contributed by atoms with Crippen LogP contribution >= 0.6 is 0 Å². The first-order chi connectivity index (χ1) is 8.35. The van der Waals surface area contributed by atoms with E-state index in [1.54, 1.807) is 0 Å². The maximum absolute atomic E-state index is 9.54. The lowest BCUT2D eigenvalue weighted by molar-refractivity contribution is 0.147. The molecule has 0 aliphatic carbocycles. The van der Waals surface area contributed by atoms with E-state index in [9.17, 15) is 5.11 Å². The van der Waals surface area contributed by atoms with Crippen LogP contribution in [0.4, 0.5) is 0 Å². The van der Waals surface area contributed by atoms with Gasteiger partial charge in [-0.1, -0.05) is 12.1 Å². The minimum absolute atomic E-state index is 0.146. The fraction of sp³-hybridized carbons (Fsp3) is 0.571. The van der Waals surface area contributed by atoms with Gasteiger partial charge in [-0.25, -0.2) is 0 Å². The van der Waals surface area contributed by atoms with Crippen LogP contribution in [0.2, 0.25) is 0 Å². The van der Waals surface area contributed by atoms with Crippen LogP contribution in [0.5, 0.6) is 5.75 Å². The van der Waals surface area contributed by atoms with Crippen molar-refractivity contribution in [1.82, 2.24) is 4.90 Å². The van der Waals surface area contributed by atoms with Crippen LogP contribution in [0.25, 0.3) is 0 Å². The van der Waals surface area contributed by atoms with Gasteiger partial charge in [0.15, 0.2) is 0 Å². The number of aliphatic hydroxyl groups is 1. The van der Waals surface area contributed by atoms with E-state index in [-0.39, 0.29) is 12.6 Å². The number of rotatable bonds is 5. The lowest BCUT2D eigenvalue weighted by Crippen LogP contribution is -2.28. The average Bonchev–Trinajstić information content (AvgIpc) is 2.86. The topological polar surface area (TPSA) is 32.7 Å². The van der Waals surface area contributed by atoms with Gasteiger partial charge in [-0.3, -0.25) is 4.90 Å². The van der Waals surface area contributed by atoms with Gasteiger partial charge < -0.3 is 9.84 Å². The highest BCUT2D eigenvalue weighted by Gasteiger charge is 2.22. The van der Waals surface area contributed by atoms with Crippen molar-refractivity contribution in [2.75, 3.05) is 26.3 Å². The van der Waals surface area contributed by atoms with Crippen LogP contribution in [0, 0.1) is 0 Å². The molecule has 1 aliphatic heterocycles. The van der Waals surface area contributed by atoms with Crippen molar-refractivity contribution in [3.8, 4) is 5.75 Å². The Balaban J connectivity index is 2.07. The van der Waals surface area contributed by atoms with Crippen molar-refractivity contribution in [2.45, 2.75) is 25.8 Å². The molecule has 0 spiro atoms. The highest BCUT2D eigenvalue weighted by molar-refractivity contribution is 5.29. The molecule has 1 heterocycles. The zero-order valence-corrected chi connectivity index (χ0v) is 10.4. The van der Waals surface area contributed by atoms with Gasteiger partial charge in [-0.2, -0.15) is 0 Å². The Kier molecular flexibility index (Phi) is 4.40. The molecule has 0 saturated carbocycles. The van der Waals surface area contributed by atoms with Crippen molar-refractivity contribution in [1.29, 1.82) is 0 Å². The Morgan fingerprint density at radius 2 is 1.88 bits per heavy atom. The van der Waals surface area contributed by atoms with Gasteiger partial charge in [0.2, 0.25) is 0 Å². The molecule has 1 N–H and O–H groups in total. The van der Waals surface area contributed by atoms with E-state index in [4.69, 9.17) is 4.74 Å². The molecule has 1 atom stereocenters. The standard InChI is InChI=1S/C14H21NO2/c1-2-17-13-7-5-12(6-8-13)14(11-16)15-9-3-4-10-15/h5-8,14,16H,2-4,9-11H2,1H3/t14-/m0/s1. The third-order valence-electron chi connectivity index (χ3n) is 3.33. The maximum atomic E-state index is 9.54. The third-order valence-corrected chi connectivity index (χ3v) is 3.33. The quantitative estimate of drug-likeness (QED) is 0.849. The van der Waals surface area contributed by atoms with Gasteiger partial charge >= 0.3 is 0 Å². The van der Waals surface area contributed by atoms with Crippen molar-refractivity contribution < 1.29 is 9.84 Å². The molecule has 2 rings (SSSR count). The normalized spacial score (nSPS) is 18.2. The van der Waals surface area contributed by atoms with Gasteiger partial charge in [-0.05, 0) is 50.6 Å². The molecule has 1 aliphatic rings. The number of likely N-dealkylation sites (tertiary alicyclic amines) is 1. The van der Waals surface area contributed by atoms with Crippen LogP contribution < -0.4 is 4.74 Å². The molecule has 0 radical (unpaired) electrons. The molecule has 1 saturated heterocycles. The van der Waals surface area contributed by atoms with Crippen molar-refractivity contribution >= 4 is 0 Å². The number of nitrogens with zero attached hydrogens (tertiary/aromatic N) is 1. The summed E-state index contributed by atoms with van der Waals surface area (Å²) in [4.78, 5) is 2.36. The summed E-state index contributed by atoms with van der Waals surface area (Å²) in [5.74, 6) is 0.898. The summed E-state index contributed by atoms with van der Waals surface area (Å²) < 4.78 is 5.42. The van der Waals surface area contributed by atoms with E-state index < -0.39 is 0 Å². The number of hydrogen-bond donors (Lipinski definition) is 1. The minimum Gasteiger partial charge on any atom is -0.494 e. The van der Waals surface area contributed by atoms with E-state index >= 15 is 0 Å². The Labute approximate surface area is 103 Å². The van der Waals surface area contributed by atoms with Crippen molar-refractivity contribution in [2.24, 2.45) is 0 Å². The molecule has 1 aromatic rings. The molecule has 0 bridgehead atoms. The van der Waals surface area contributed by atoms with Gasteiger partial charge in [0.05, 0.1) is 19.3 Å². The second-order valence-electron chi connectivity index (χ2n) is 4.44. The predicted molar refractivity (Wildman–Crippen MR) is 68.2 cm³/mol. The predicted octanol–water partition coefficient (Wildman–Crippen LogP) is 2.21. The van der Waals surface area contributed by atoms with E-state index in [0.717, 1.165) is 18.8 Å². The summed E-state index contributed by atoms with van der Waals surface area (Å²) in [5, 5.41) is 9.54. The lowest BCUT2D eigenvalue weighted by Gasteiger charge is -2.26. The average molecular weight is 235 g/mol. The van der Waals surface area contributed by atoms with Crippen LogP contribution in [0.15, 0.2) is 24.3 Å². The zero-order chi connectivity index (χ0) is 12.1. The van der Waals surface area contributed by atoms with Gasteiger partial charge in [-0.15, -0.1) is 0 Å². The molecule has 1 fully saturated rings. The first kappa shape index (κ1) is 12.4. The summed E-state index contributed by atoms with van der Waals surface area (Å²) in [6, 6.07) is 8.23. The molecule has 0 unspecified atom stereocenters. The second kappa shape index (κ2) is 6.03. The summed E-state index contributed by atoms with van der Waals surface area (Å²) in [6.45, 7) is 5.05. The molecular weight excluding hydrogens is 214 g/mol. The first-order valence-electron chi connectivity index (χ1n) is 6.43. The molecular formula is C14H21NO2. The summed E-state index contributed by atoms with van der Waals surface area (Å²) in [6.07, 6.45) is 2.49. The molecule has 0 amide bonds. The lowest BCUT2D eigenvalue weighted by atomic mass is 10.1. The van der Waals surface area contributed by atoms with E-state index in [1.165, 1.54) is 18.4 Å². The number of hydrogen-bond acceptors (Lipinski definition) is 3. The summed E-state index contributed by atoms with van der Waals surface area (Å²) >= 11 is 0. The van der Waals surface area contributed by atoms with Crippen LogP contribution in [-0.4, -0.2) is 36.3 Å². The monoisotopic (exact) mass is 235 g/mol. The summed E-state index contributed by atoms with van der Waals surface area (Å²) in [5.41, 5.74) is 1.18. The fourth-order valence-electron chi connectivity index (χ4n) is 2.44. The van der Waals surface area contributed by atoms with Gasteiger partial charge in [0.25, 0.3) is 0 Å². The number of benzene rings is 1. The van der Waals surface area contributed by atoms with Crippen LogP contribution in [0.1, 0.15) is 31.4 Å².